The van der Waals surface area contributed by atoms with Gasteiger partial charge in [0.15, 0.2) is 0 Å². The van der Waals surface area contributed by atoms with Crippen molar-refractivity contribution in [2.45, 2.75) is 32.1 Å². The molecule has 0 aromatic heterocycles. The average Bonchev–Trinajstić information content (AvgIpc) is 3.08. The number of hydrogen-bond acceptors (Lipinski definition) is 5. The van der Waals surface area contributed by atoms with Gasteiger partial charge in [-0.15, -0.1) is 0 Å². The van der Waals surface area contributed by atoms with Crippen LogP contribution in [0, 0.1) is 11.3 Å². The standard InChI is InChI=1S/C19H26N2O4/c1-24-17(22)9-11-25-16-7-5-15(6-8-16)21-18(23)19-10-3-2-4-14(19)12-20-13-19/h5-8,14,20H,2-4,9-13H2,1H3,(H,21,23)/t14-,19+/m0/s1. The third kappa shape index (κ3) is 3.95. The smallest absolute Gasteiger partial charge is 0.308 e. The minimum atomic E-state index is -0.296. The minimum Gasteiger partial charge on any atom is -0.493 e. The van der Waals surface area contributed by atoms with Gasteiger partial charge < -0.3 is 20.1 Å². The fraction of sp³-hybridized carbons (Fsp3) is 0.579. The van der Waals surface area contributed by atoms with Crippen molar-refractivity contribution in [2.75, 3.05) is 32.1 Å². The van der Waals surface area contributed by atoms with E-state index in [4.69, 9.17) is 4.74 Å². The number of ether oxygens (including phenoxy) is 2. The lowest BCUT2D eigenvalue weighted by Gasteiger charge is -2.37. The predicted octanol–water partition coefficient (Wildman–Crippen LogP) is 2.35. The van der Waals surface area contributed by atoms with Gasteiger partial charge in [0.05, 0.1) is 25.6 Å². The van der Waals surface area contributed by atoms with E-state index in [2.05, 4.69) is 15.4 Å². The Morgan fingerprint density at radius 2 is 2.08 bits per heavy atom. The monoisotopic (exact) mass is 346 g/mol. The number of hydrogen-bond donors (Lipinski definition) is 2. The Kier molecular flexibility index (Phi) is 5.58. The summed E-state index contributed by atoms with van der Waals surface area (Å²) in [5, 5.41) is 6.48. The van der Waals surface area contributed by atoms with Crippen LogP contribution >= 0.6 is 0 Å². The lowest BCUT2D eigenvalue weighted by atomic mass is 9.67. The molecule has 0 bridgehead atoms. The van der Waals surface area contributed by atoms with Crippen LogP contribution in [0.15, 0.2) is 24.3 Å². The molecule has 2 aliphatic rings. The summed E-state index contributed by atoms with van der Waals surface area (Å²) in [5.74, 6) is 0.942. The third-order valence-corrected chi connectivity index (χ3v) is 5.41. The van der Waals surface area contributed by atoms with Gasteiger partial charge in [0, 0.05) is 12.2 Å². The lowest BCUT2D eigenvalue weighted by Crippen LogP contribution is -2.44. The highest BCUT2D eigenvalue weighted by atomic mass is 16.5. The van der Waals surface area contributed by atoms with Gasteiger partial charge in [0.2, 0.25) is 5.91 Å². The van der Waals surface area contributed by atoms with E-state index in [-0.39, 0.29) is 30.3 Å². The quantitative estimate of drug-likeness (QED) is 0.773. The summed E-state index contributed by atoms with van der Waals surface area (Å²) < 4.78 is 10.1. The van der Waals surface area contributed by atoms with Crippen molar-refractivity contribution >= 4 is 17.6 Å². The number of fused-ring (bicyclic) bond motifs is 1. The Morgan fingerprint density at radius 1 is 1.28 bits per heavy atom. The zero-order valence-electron chi connectivity index (χ0n) is 14.7. The first-order chi connectivity index (χ1) is 12.1. The second kappa shape index (κ2) is 7.87. The molecule has 6 heteroatoms. The maximum atomic E-state index is 12.9. The van der Waals surface area contributed by atoms with Crippen LogP contribution in [-0.2, 0) is 14.3 Å². The van der Waals surface area contributed by atoms with Gasteiger partial charge in [-0.2, -0.15) is 0 Å². The molecule has 1 saturated carbocycles. The van der Waals surface area contributed by atoms with Crippen molar-refractivity contribution in [3.8, 4) is 5.75 Å². The summed E-state index contributed by atoms with van der Waals surface area (Å²) in [6.45, 7) is 1.99. The van der Waals surface area contributed by atoms with E-state index < -0.39 is 0 Å². The molecule has 1 saturated heterocycles. The Bertz CT molecular complexity index is 616. The summed E-state index contributed by atoms with van der Waals surface area (Å²) in [5.41, 5.74) is 0.518. The number of carbonyl (C=O) groups is 2. The number of anilines is 1. The molecule has 25 heavy (non-hydrogen) atoms. The van der Waals surface area contributed by atoms with Crippen LogP contribution < -0.4 is 15.4 Å². The van der Waals surface area contributed by atoms with Crippen molar-refractivity contribution in [3.05, 3.63) is 24.3 Å². The summed E-state index contributed by atoms with van der Waals surface area (Å²) in [6.07, 6.45) is 4.65. The van der Waals surface area contributed by atoms with Gasteiger partial charge in [-0.05, 0) is 49.6 Å². The Morgan fingerprint density at radius 3 is 2.84 bits per heavy atom. The molecule has 2 N–H and O–H groups in total. The maximum absolute atomic E-state index is 12.9. The second-order valence-corrected chi connectivity index (χ2v) is 6.88. The molecule has 1 aliphatic carbocycles. The number of esters is 1. The van der Waals surface area contributed by atoms with Gasteiger partial charge in [0.1, 0.15) is 5.75 Å². The molecule has 1 heterocycles. The van der Waals surface area contributed by atoms with E-state index in [1.807, 2.05) is 12.1 Å². The highest BCUT2D eigenvalue weighted by Gasteiger charge is 2.49. The van der Waals surface area contributed by atoms with E-state index in [1.165, 1.54) is 13.5 Å². The molecule has 1 aromatic carbocycles. The molecule has 1 aromatic rings. The van der Waals surface area contributed by atoms with Crippen LogP contribution in [0.25, 0.3) is 0 Å². The van der Waals surface area contributed by atoms with E-state index in [9.17, 15) is 9.59 Å². The molecule has 6 nitrogen and oxygen atoms in total. The van der Waals surface area contributed by atoms with Crippen LogP contribution in [0.2, 0.25) is 0 Å². The zero-order chi connectivity index (χ0) is 17.7. The van der Waals surface area contributed by atoms with Gasteiger partial charge in [-0.1, -0.05) is 12.8 Å². The highest BCUT2D eigenvalue weighted by Crippen LogP contribution is 2.44. The number of methoxy groups -OCH3 is 1. The SMILES string of the molecule is COC(=O)CCOc1ccc(NC(=O)[C@@]23CCCC[C@H]2CNC3)cc1. The third-order valence-electron chi connectivity index (χ3n) is 5.41. The molecule has 2 fully saturated rings. The van der Waals surface area contributed by atoms with Gasteiger partial charge >= 0.3 is 5.97 Å². The van der Waals surface area contributed by atoms with Crippen LogP contribution in [0.3, 0.4) is 0 Å². The largest absolute Gasteiger partial charge is 0.493 e. The number of amides is 1. The van der Waals surface area contributed by atoms with Crippen molar-refractivity contribution in [3.63, 3.8) is 0 Å². The molecule has 136 valence electrons. The molecule has 3 rings (SSSR count). The fourth-order valence-electron chi connectivity index (χ4n) is 3.93. The fourth-order valence-corrected chi connectivity index (χ4v) is 3.93. The van der Waals surface area contributed by atoms with E-state index in [0.29, 0.717) is 11.7 Å². The van der Waals surface area contributed by atoms with E-state index in [0.717, 1.165) is 38.0 Å². The molecular weight excluding hydrogens is 320 g/mol. The van der Waals surface area contributed by atoms with Crippen LogP contribution in [0.4, 0.5) is 5.69 Å². The van der Waals surface area contributed by atoms with Gasteiger partial charge in [-0.3, -0.25) is 9.59 Å². The number of nitrogens with one attached hydrogen (secondary N) is 2. The van der Waals surface area contributed by atoms with Gasteiger partial charge in [-0.25, -0.2) is 0 Å². The van der Waals surface area contributed by atoms with Gasteiger partial charge in [0.25, 0.3) is 0 Å². The van der Waals surface area contributed by atoms with Crippen molar-refractivity contribution in [2.24, 2.45) is 11.3 Å². The molecule has 1 amide bonds. The number of benzene rings is 1. The predicted molar refractivity (Wildman–Crippen MR) is 94.5 cm³/mol. The highest BCUT2D eigenvalue weighted by molar-refractivity contribution is 5.96. The molecule has 0 unspecified atom stereocenters. The first kappa shape index (κ1) is 17.7. The summed E-state index contributed by atoms with van der Waals surface area (Å²) in [6, 6.07) is 7.27. The first-order valence-corrected chi connectivity index (χ1v) is 8.96. The molecule has 1 aliphatic heterocycles. The van der Waals surface area contributed by atoms with E-state index >= 15 is 0 Å². The topological polar surface area (TPSA) is 76.7 Å². The number of carbonyl (C=O) groups excluding carboxylic acids is 2. The van der Waals surface area contributed by atoms with Crippen molar-refractivity contribution in [1.82, 2.24) is 5.32 Å². The Balaban J connectivity index is 1.56. The average molecular weight is 346 g/mol. The molecule has 0 spiro atoms. The molecule has 0 radical (unpaired) electrons. The molecule has 2 atom stereocenters. The number of rotatable bonds is 6. The van der Waals surface area contributed by atoms with Crippen LogP contribution in [0.1, 0.15) is 32.1 Å². The van der Waals surface area contributed by atoms with Crippen LogP contribution in [0.5, 0.6) is 5.75 Å². The maximum Gasteiger partial charge on any atom is 0.308 e. The normalized spacial score (nSPS) is 25.1. The lowest BCUT2D eigenvalue weighted by molar-refractivity contribution is -0.141. The second-order valence-electron chi connectivity index (χ2n) is 6.88. The van der Waals surface area contributed by atoms with Crippen molar-refractivity contribution in [1.29, 1.82) is 0 Å². The van der Waals surface area contributed by atoms with Crippen molar-refractivity contribution < 1.29 is 19.1 Å². The summed E-state index contributed by atoms with van der Waals surface area (Å²) in [7, 11) is 1.36. The van der Waals surface area contributed by atoms with Crippen LogP contribution in [-0.4, -0.2) is 38.7 Å². The molecular formula is C19H26N2O4. The van der Waals surface area contributed by atoms with E-state index in [1.54, 1.807) is 12.1 Å². The summed E-state index contributed by atoms with van der Waals surface area (Å²) >= 11 is 0. The Hall–Kier alpha value is -2.08. The first-order valence-electron chi connectivity index (χ1n) is 8.96. The zero-order valence-corrected chi connectivity index (χ0v) is 14.7. The minimum absolute atomic E-state index is 0.126. The Labute approximate surface area is 148 Å². The summed E-state index contributed by atoms with van der Waals surface area (Å²) in [4.78, 5) is 24.0.